The number of hydrogen-bond donors (Lipinski definition) is 3. The van der Waals surface area contributed by atoms with Gasteiger partial charge in [-0.1, -0.05) is 24.3 Å². The zero-order valence-corrected chi connectivity index (χ0v) is 14.8. The zero-order valence-electron chi connectivity index (χ0n) is 14.8. The largest absolute Gasteiger partial charge is 0.323 e. The van der Waals surface area contributed by atoms with Gasteiger partial charge in [-0.2, -0.15) is 0 Å². The fourth-order valence-electron chi connectivity index (χ4n) is 4.02. The smallest absolute Gasteiger partial charge is 0.322 e. The van der Waals surface area contributed by atoms with Crippen molar-refractivity contribution < 1.29 is 14.4 Å². The van der Waals surface area contributed by atoms with Gasteiger partial charge < -0.3 is 10.6 Å². The molecule has 3 aromatic rings. The number of imide groups is 1. The second-order valence-electron chi connectivity index (χ2n) is 7.16. The summed E-state index contributed by atoms with van der Waals surface area (Å²) < 4.78 is 0. The Morgan fingerprint density at radius 1 is 1.04 bits per heavy atom. The van der Waals surface area contributed by atoms with E-state index >= 15 is 0 Å². The van der Waals surface area contributed by atoms with Crippen molar-refractivity contribution in [3.63, 3.8) is 0 Å². The number of aromatic nitrogens is 1. The van der Waals surface area contributed by atoms with E-state index < -0.39 is 11.6 Å². The van der Waals surface area contributed by atoms with Crippen LogP contribution in [0.1, 0.15) is 21.5 Å². The van der Waals surface area contributed by atoms with Gasteiger partial charge in [0, 0.05) is 30.1 Å². The minimum Gasteiger partial charge on any atom is -0.323 e. The summed E-state index contributed by atoms with van der Waals surface area (Å²) in [5, 5.41) is 8.75. The summed E-state index contributed by atoms with van der Waals surface area (Å²) in [5.74, 6) is -0.527. The van der Waals surface area contributed by atoms with Crippen molar-refractivity contribution in [3.05, 3.63) is 71.4 Å². The number of carbonyl (C=O) groups excluding carboxylic acids is 3. The number of fused-ring (bicyclic) bond motifs is 2. The number of pyridine rings is 1. The van der Waals surface area contributed by atoms with Crippen molar-refractivity contribution in [2.24, 2.45) is 0 Å². The van der Waals surface area contributed by atoms with Gasteiger partial charge in [-0.05, 0) is 35.4 Å². The van der Waals surface area contributed by atoms with E-state index in [0.29, 0.717) is 24.1 Å². The first-order valence-corrected chi connectivity index (χ1v) is 8.95. The highest BCUT2D eigenvalue weighted by Gasteiger charge is 2.49. The summed E-state index contributed by atoms with van der Waals surface area (Å²) in [5.41, 5.74) is 2.97. The van der Waals surface area contributed by atoms with Crippen LogP contribution in [-0.2, 0) is 17.6 Å². The molecule has 138 valence electrons. The quantitative estimate of drug-likeness (QED) is 0.600. The van der Waals surface area contributed by atoms with Gasteiger partial charge in [0.05, 0.1) is 11.1 Å². The minimum absolute atomic E-state index is 0.224. The molecule has 7 nitrogen and oxygen atoms in total. The number of nitrogens with one attached hydrogen (secondary N) is 3. The molecular formula is C21H16N4O3. The van der Waals surface area contributed by atoms with E-state index in [9.17, 15) is 14.4 Å². The molecule has 1 aromatic heterocycles. The Hall–Kier alpha value is -3.74. The summed E-state index contributed by atoms with van der Waals surface area (Å²) in [7, 11) is 0. The van der Waals surface area contributed by atoms with Crippen molar-refractivity contribution >= 4 is 34.4 Å². The monoisotopic (exact) mass is 372 g/mol. The Balaban J connectivity index is 1.42. The number of urea groups is 1. The molecule has 4 amide bonds. The summed E-state index contributed by atoms with van der Waals surface area (Å²) in [4.78, 5) is 40.8. The van der Waals surface area contributed by atoms with Gasteiger partial charge in [0.1, 0.15) is 5.54 Å². The average Bonchev–Trinajstić information content (AvgIpc) is 3.18. The van der Waals surface area contributed by atoms with Crippen LogP contribution in [0.25, 0.3) is 10.9 Å². The van der Waals surface area contributed by atoms with Gasteiger partial charge >= 0.3 is 6.03 Å². The molecule has 1 aliphatic carbocycles. The number of amides is 4. The van der Waals surface area contributed by atoms with Gasteiger partial charge in [-0.3, -0.25) is 19.9 Å². The predicted molar refractivity (Wildman–Crippen MR) is 103 cm³/mol. The summed E-state index contributed by atoms with van der Waals surface area (Å²) >= 11 is 0. The van der Waals surface area contributed by atoms with E-state index in [1.54, 1.807) is 12.3 Å². The molecule has 0 saturated carbocycles. The van der Waals surface area contributed by atoms with Crippen LogP contribution in [-0.4, -0.2) is 28.4 Å². The molecule has 2 aromatic carbocycles. The second kappa shape index (κ2) is 5.88. The minimum atomic E-state index is -0.913. The predicted octanol–water partition coefficient (Wildman–Crippen LogP) is 2.16. The highest BCUT2D eigenvalue weighted by molar-refractivity contribution is 6.12. The van der Waals surface area contributed by atoms with Crippen molar-refractivity contribution in [1.82, 2.24) is 15.6 Å². The first kappa shape index (κ1) is 16.4. The molecule has 1 fully saturated rings. The normalized spacial score (nSPS) is 20.1. The number of nitrogens with zero attached hydrogens (tertiary/aromatic N) is 1. The van der Waals surface area contributed by atoms with Crippen LogP contribution >= 0.6 is 0 Å². The van der Waals surface area contributed by atoms with Crippen molar-refractivity contribution in [1.29, 1.82) is 0 Å². The third-order valence-corrected chi connectivity index (χ3v) is 5.36. The first-order valence-electron chi connectivity index (χ1n) is 8.95. The Morgan fingerprint density at radius 2 is 1.86 bits per heavy atom. The SMILES string of the molecule is O=C1NC(=O)C2(Cc3ccc(NC(=O)c4ccnc5ccccc45)cc3C2)N1. The van der Waals surface area contributed by atoms with Crippen LogP contribution in [0.4, 0.5) is 10.5 Å². The molecule has 0 radical (unpaired) electrons. The molecule has 0 bridgehead atoms. The van der Waals surface area contributed by atoms with E-state index in [1.807, 2.05) is 42.5 Å². The van der Waals surface area contributed by atoms with E-state index in [-0.39, 0.29) is 11.8 Å². The van der Waals surface area contributed by atoms with Crippen LogP contribution in [0.15, 0.2) is 54.7 Å². The van der Waals surface area contributed by atoms with Gasteiger partial charge in [0.15, 0.2) is 0 Å². The third-order valence-electron chi connectivity index (χ3n) is 5.36. The van der Waals surface area contributed by atoms with Crippen molar-refractivity contribution in [3.8, 4) is 0 Å². The molecule has 3 N–H and O–H groups in total. The molecular weight excluding hydrogens is 356 g/mol. The molecule has 7 heteroatoms. The van der Waals surface area contributed by atoms with Gasteiger partial charge in [-0.15, -0.1) is 0 Å². The number of anilines is 1. The third kappa shape index (κ3) is 2.51. The maximum Gasteiger partial charge on any atom is 0.322 e. The molecule has 1 saturated heterocycles. The van der Waals surface area contributed by atoms with E-state index in [0.717, 1.165) is 22.0 Å². The number of carbonyl (C=O) groups is 3. The maximum absolute atomic E-state index is 12.8. The molecule has 28 heavy (non-hydrogen) atoms. The summed E-state index contributed by atoms with van der Waals surface area (Å²) in [6.45, 7) is 0. The van der Waals surface area contributed by atoms with Gasteiger partial charge in [-0.25, -0.2) is 4.79 Å². The van der Waals surface area contributed by atoms with Crippen molar-refractivity contribution in [2.45, 2.75) is 18.4 Å². The second-order valence-corrected chi connectivity index (χ2v) is 7.16. The van der Waals surface area contributed by atoms with Crippen molar-refractivity contribution in [2.75, 3.05) is 5.32 Å². The van der Waals surface area contributed by atoms with Crippen LogP contribution in [0.2, 0.25) is 0 Å². The summed E-state index contributed by atoms with van der Waals surface area (Å²) in [6.07, 6.45) is 2.47. The van der Waals surface area contributed by atoms with E-state index in [4.69, 9.17) is 0 Å². The van der Waals surface area contributed by atoms with E-state index in [2.05, 4.69) is 20.9 Å². The van der Waals surface area contributed by atoms with E-state index in [1.165, 1.54) is 0 Å². The molecule has 5 rings (SSSR count). The Morgan fingerprint density at radius 3 is 2.68 bits per heavy atom. The number of benzene rings is 2. The lowest BCUT2D eigenvalue weighted by Gasteiger charge is -2.18. The highest BCUT2D eigenvalue weighted by atomic mass is 16.2. The lowest BCUT2D eigenvalue weighted by atomic mass is 9.96. The average molecular weight is 372 g/mol. The molecule has 1 atom stereocenters. The lowest BCUT2D eigenvalue weighted by molar-refractivity contribution is -0.123. The Bertz CT molecular complexity index is 1170. The fourth-order valence-corrected chi connectivity index (χ4v) is 4.02. The maximum atomic E-state index is 12.8. The number of hydrogen-bond acceptors (Lipinski definition) is 4. The van der Waals surface area contributed by atoms with Gasteiger partial charge in [0.25, 0.3) is 11.8 Å². The number of rotatable bonds is 2. The molecule has 1 spiro atoms. The first-order chi connectivity index (χ1) is 13.5. The fraction of sp³-hybridized carbons (Fsp3) is 0.143. The van der Waals surface area contributed by atoms with Crippen LogP contribution in [0.3, 0.4) is 0 Å². The lowest BCUT2D eigenvalue weighted by Crippen LogP contribution is -2.47. The van der Waals surface area contributed by atoms with Crippen LogP contribution in [0.5, 0.6) is 0 Å². The molecule has 1 aliphatic heterocycles. The Labute approximate surface area is 160 Å². The van der Waals surface area contributed by atoms with Gasteiger partial charge in [0.2, 0.25) is 0 Å². The highest BCUT2D eigenvalue weighted by Crippen LogP contribution is 2.34. The summed E-state index contributed by atoms with van der Waals surface area (Å²) in [6, 6.07) is 14.3. The number of para-hydroxylation sites is 1. The van der Waals surface area contributed by atoms with Crippen LogP contribution < -0.4 is 16.0 Å². The molecule has 2 heterocycles. The topological polar surface area (TPSA) is 100 Å². The van der Waals surface area contributed by atoms with Crippen LogP contribution in [0, 0.1) is 0 Å². The molecule has 2 aliphatic rings. The molecule has 1 unspecified atom stereocenters. The standard InChI is InChI=1S/C21H16N4O3/c26-18(16-7-8-22-17-4-2-1-3-15(16)17)23-14-6-5-12-10-21(11-13(12)9-14)19(27)24-20(28)25-21/h1-9H,10-11H2,(H,23,26)(H2,24,25,27,28). The zero-order chi connectivity index (χ0) is 19.3. The Kier molecular flexibility index (Phi) is 3.45.